The van der Waals surface area contributed by atoms with Gasteiger partial charge in [-0.05, 0) is 12.1 Å². The molecule has 1 aromatic carbocycles. The molecule has 0 saturated carbocycles. The van der Waals surface area contributed by atoms with Crippen LogP contribution in [0.3, 0.4) is 0 Å². The highest BCUT2D eigenvalue weighted by molar-refractivity contribution is 5.80. The summed E-state index contributed by atoms with van der Waals surface area (Å²) in [5.74, 6) is 3.05. The van der Waals surface area contributed by atoms with E-state index in [9.17, 15) is 0 Å². The summed E-state index contributed by atoms with van der Waals surface area (Å²) in [6.07, 6.45) is 6.43. The smallest absolute Gasteiger partial charge is 0.144 e. The van der Waals surface area contributed by atoms with Crippen LogP contribution in [0, 0.1) is 12.3 Å². The molecule has 0 atom stereocenters. The molecule has 12 heavy (non-hydrogen) atoms. The number of methoxy groups -OCH3 is 1. The van der Waals surface area contributed by atoms with Gasteiger partial charge in [0.25, 0.3) is 0 Å². The molecule has 60 valence electrons. The fourth-order valence-electron chi connectivity index (χ4n) is 0.843. The van der Waals surface area contributed by atoms with E-state index in [-0.39, 0.29) is 0 Å². The van der Waals surface area contributed by atoms with Crippen LogP contribution in [0.2, 0.25) is 0 Å². The van der Waals surface area contributed by atoms with E-state index in [0.29, 0.717) is 0 Å². The first-order chi connectivity index (χ1) is 5.88. The molecule has 1 aromatic rings. The van der Waals surface area contributed by atoms with Crippen LogP contribution in [0.1, 0.15) is 0 Å². The van der Waals surface area contributed by atoms with Crippen LogP contribution in [0.4, 0.5) is 5.69 Å². The van der Waals surface area contributed by atoms with Gasteiger partial charge in [-0.1, -0.05) is 18.1 Å². The average molecular weight is 159 g/mol. The second kappa shape index (κ2) is 4.20. The summed E-state index contributed by atoms with van der Waals surface area (Å²) in [5, 5.41) is 0. The van der Waals surface area contributed by atoms with Gasteiger partial charge in [-0.15, -0.1) is 6.42 Å². The third-order valence-electron chi connectivity index (χ3n) is 1.36. The van der Waals surface area contributed by atoms with Crippen molar-refractivity contribution in [2.24, 2.45) is 4.99 Å². The van der Waals surface area contributed by atoms with Gasteiger partial charge in [0.05, 0.1) is 13.3 Å². The highest BCUT2D eigenvalue weighted by Gasteiger charge is 1.96. The molecule has 0 unspecified atom stereocenters. The largest absolute Gasteiger partial charge is 0.494 e. The van der Waals surface area contributed by atoms with Crippen LogP contribution in [0.25, 0.3) is 0 Å². The van der Waals surface area contributed by atoms with Crippen molar-refractivity contribution in [3.63, 3.8) is 0 Å². The summed E-state index contributed by atoms with van der Waals surface area (Å²) in [6, 6.07) is 7.44. The normalized spacial score (nSPS) is 9.67. The van der Waals surface area contributed by atoms with Crippen molar-refractivity contribution in [1.82, 2.24) is 0 Å². The molecular formula is C10H9NO. The van der Waals surface area contributed by atoms with Gasteiger partial charge in [-0.2, -0.15) is 0 Å². The molecule has 0 heterocycles. The summed E-state index contributed by atoms with van der Waals surface area (Å²) in [5.41, 5.74) is 0.748. The number of aliphatic imine (C=N–C) groups is 1. The van der Waals surface area contributed by atoms with E-state index in [1.165, 1.54) is 6.21 Å². The van der Waals surface area contributed by atoms with E-state index in [0.717, 1.165) is 11.4 Å². The van der Waals surface area contributed by atoms with E-state index < -0.39 is 0 Å². The quantitative estimate of drug-likeness (QED) is 0.478. The number of para-hydroxylation sites is 2. The minimum atomic E-state index is 0.726. The Morgan fingerprint density at radius 2 is 2.25 bits per heavy atom. The summed E-state index contributed by atoms with van der Waals surface area (Å²) in [4.78, 5) is 4.01. The summed E-state index contributed by atoms with van der Waals surface area (Å²) >= 11 is 0. The topological polar surface area (TPSA) is 21.6 Å². The standard InChI is InChI=1S/C10H9NO/c1-3-8-11-9-6-4-5-7-10(9)12-2/h1,4-8H,2H3. The fourth-order valence-corrected chi connectivity index (χ4v) is 0.843. The number of nitrogens with zero attached hydrogens (tertiary/aromatic N) is 1. The molecule has 0 aliphatic carbocycles. The van der Waals surface area contributed by atoms with Crippen LogP contribution >= 0.6 is 0 Å². The predicted octanol–water partition coefficient (Wildman–Crippen LogP) is 2.03. The number of rotatable bonds is 2. The van der Waals surface area contributed by atoms with Crippen molar-refractivity contribution < 1.29 is 4.74 Å². The zero-order valence-corrected chi connectivity index (χ0v) is 6.82. The van der Waals surface area contributed by atoms with Crippen molar-refractivity contribution in [1.29, 1.82) is 0 Å². The zero-order valence-electron chi connectivity index (χ0n) is 6.82. The van der Waals surface area contributed by atoms with Crippen LogP contribution in [-0.2, 0) is 0 Å². The molecule has 0 aliphatic rings. The molecule has 0 radical (unpaired) electrons. The van der Waals surface area contributed by atoms with Crippen molar-refractivity contribution in [2.45, 2.75) is 0 Å². The Labute approximate surface area is 71.9 Å². The molecule has 0 aromatic heterocycles. The van der Waals surface area contributed by atoms with E-state index in [1.807, 2.05) is 24.3 Å². The lowest BCUT2D eigenvalue weighted by atomic mass is 10.3. The predicted molar refractivity (Wildman–Crippen MR) is 50.0 cm³/mol. The van der Waals surface area contributed by atoms with Gasteiger partial charge in [0.2, 0.25) is 0 Å². The number of hydrogen-bond donors (Lipinski definition) is 0. The van der Waals surface area contributed by atoms with Gasteiger partial charge in [0.1, 0.15) is 11.4 Å². The number of ether oxygens (including phenoxy) is 1. The average Bonchev–Trinajstić information content (AvgIpc) is 2.15. The van der Waals surface area contributed by atoms with E-state index in [4.69, 9.17) is 11.2 Å². The minimum absolute atomic E-state index is 0.726. The lowest BCUT2D eigenvalue weighted by Crippen LogP contribution is -1.81. The molecule has 0 saturated heterocycles. The molecule has 0 N–H and O–H groups in total. The summed E-state index contributed by atoms with van der Waals surface area (Å²) in [7, 11) is 1.60. The van der Waals surface area contributed by atoms with E-state index >= 15 is 0 Å². The van der Waals surface area contributed by atoms with Crippen molar-refractivity contribution in [2.75, 3.05) is 7.11 Å². The van der Waals surface area contributed by atoms with Gasteiger partial charge < -0.3 is 4.74 Å². The highest BCUT2D eigenvalue weighted by atomic mass is 16.5. The van der Waals surface area contributed by atoms with Gasteiger partial charge >= 0.3 is 0 Å². The molecule has 2 heteroatoms. The van der Waals surface area contributed by atoms with Crippen molar-refractivity contribution >= 4 is 11.9 Å². The SMILES string of the molecule is C#CC=Nc1ccccc1OC. The lowest BCUT2D eigenvalue weighted by Gasteiger charge is -2.01. The van der Waals surface area contributed by atoms with Crippen molar-refractivity contribution in [3.8, 4) is 18.1 Å². The Hall–Kier alpha value is -1.75. The first-order valence-electron chi connectivity index (χ1n) is 3.50. The first kappa shape index (κ1) is 8.35. The molecular weight excluding hydrogens is 150 g/mol. The Kier molecular flexibility index (Phi) is 2.92. The molecule has 0 amide bonds. The number of benzene rings is 1. The highest BCUT2D eigenvalue weighted by Crippen LogP contribution is 2.25. The lowest BCUT2D eigenvalue weighted by molar-refractivity contribution is 0.416. The van der Waals surface area contributed by atoms with Crippen LogP contribution in [0.15, 0.2) is 29.3 Å². The monoisotopic (exact) mass is 159 g/mol. The summed E-state index contributed by atoms with van der Waals surface area (Å²) in [6.45, 7) is 0. The van der Waals surface area contributed by atoms with Gasteiger partial charge in [-0.25, -0.2) is 4.99 Å². The first-order valence-corrected chi connectivity index (χ1v) is 3.50. The van der Waals surface area contributed by atoms with Gasteiger partial charge in [0, 0.05) is 0 Å². The molecule has 0 bridgehead atoms. The second-order valence-electron chi connectivity index (χ2n) is 2.10. The maximum absolute atomic E-state index is 5.06. The van der Waals surface area contributed by atoms with Crippen LogP contribution in [0.5, 0.6) is 5.75 Å². The summed E-state index contributed by atoms with van der Waals surface area (Å²) < 4.78 is 5.06. The zero-order chi connectivity index (χ0) is 8.81. The maximum Gasteiger partial charge on any atom is 0.144 e. The second-order valence-corrected chi connectivity index (χ2v) is 2.10. The Bertz CT molecular complexity index is 323. The molecule has 0 aliphatic heterocycles. The molecule has 0 fully saturated rings. The number of hydrogen-bond acceptors (Lipinski definition) is 2. The third-order valence-corrected chi connectivity index (χ3v) is 1.36. The molecule has 1 rings (SSSR count). The van der Waals surface area contributed by atoms with Gasteiger partial charge in [0.15, 0.2) is 0 Å². The van der Waals surface area contributed by atoms with Crippen LogP contribution in [-0.4, -0.2) is 13.3 Å². The van der Waals surface area contributed by atoms with Crippen LogP contribution < -0.4 is 4.74 Å². The fraction of sp³-hybridized carbons (Fsp3) is 0.100. The Morgan fingerprint density at radius 1 is 1.50 bits per heavy atom. The maximum atomic E-state index is 5.06. The Balaban J connectivity index is 2.99. The van der Waals surface area contributed by atoms with E-state index in [1.54, 1.807) is 7.11 Å². The van der Waals surface area contributed by atoms with E-state index in [2.05, 4.69) is 10.9 Å². The third kappa shape index (κ3) is 1.86. The van der Waals surface area contributed by atoms with Crippen molar-refractivity contribution in [3.05, 3.63) is 24.3 Å². The number of terminal acetylenes is 1. The molecule has 0 spiro atoms. The minimum Gasteiger partial charge on any atom is -0.494 e. The van der Waals surface area contributed by atoms with Gasteiger partial charge in [-0.3, -0.25) is 0 Å². The molecule has 2 nitrogen and oxygen atoms in total. The Morgan fingerprint density at radius 3 is 2.92 bits per heavy atom.